The normalized spacial score (nSPS) is 42.3. The van der Waals surface area contributed by atoms with Crippen LogP contribution in [0.1, 0.15) is 73.1 Å². The van der Waals surface area contributed by atoms with E-state index in [4.69, 9.17) is 4.74 Å². The lowest BCUT2D eigenvalue weighted by molar-refractivity contribution is -0.158. The minimum absolute atomic E-state index is 0.0153. The molecule has 3 aliphatic carbocycles. The van der Waals surface area contributed by atoms with Gasteiger partial charge in [-0.15, -0.1) is 0 Å². The van der Waals surface area contributed by atoms with Crippen molar-refractivity contribution in [1.29, 1.82) is 0 Å². The minimum Gasteiger partial charge on any atom is -0.462 e. The third-order valence-electron chi connectivity index (χ3n) is 7.21. The first-order chi connectivity index (χ1) is 10.6. The fourth-order valence-corrected chi connectivity index (χ4v) is 5.98. The van der Waals surface area contributed by atoms with Crippen LogP contribution in [0, 0.1) is 22.2 Å². The average molecular weight is 318 g/mol. The Morgan fingerprint density at radius 3 is 2.48 bits per heavy atom. The zero-order valence-electron chi connectivity index (χ0n) is 15.2. The fraction of sp³-hybridized carbons (Fsp3) is 0.800. The molecule has 0 radical (unpaired) electrons. The molecule has 3 rings (SSSR count). The van der Waals surface area contributed by atoms with Crippen LogP contribution in [0.5, 0.6) is 0 Å². The van der Waals surface area contributed by atoms with Gasteiger partial charge in [-0.3, -0.25) is 9.59 Å². The Balaban J connectivity index is 2.02. The predicted octanol–water partition coefficient (Wildman–Crippen LogP) is 4.45. The molecule has 23 heavy (non-hydrogen) atoms. The average Bonchev–Trinajstić information content (AvgIpc) is 2.44. The summed E-state index contributed by atoms with van der Waals surface area (Å²) in [6.07, 6.45) is 7.94. The number of hydrogen-bond donors (Lipinski definition) is 0. The van der Waals surface area contributed by atoms with Crippen LogP contribution in [0.2, 0.25) is 0 Å². The number of ether oxygens (including phenoxy) is 1. The molecule has 0 unspecified atom stereocenters. The highest BCUT2D eigenvalue weighted by atomic mass is 16.5. The zero-order chi connectivity index (χ0) is 17.0. The van der Waals surface area contributed by atoms with E-state index < -0.39 is 0 Å². The molecule has 2 saturated carbocycles. The maximum atomic E-state index is 12.5. The summed E-state index contributed by atoms with van der Waals surface area (Å²) in [5.41, 5.74) is 1.21. The Bertz CT molecular complexity index is 573. The Hall–Kier alpha value is -1.12. The van der Waals surface area contributed by atoms with Crippen LogP contribution >= 0.6 is 0 Å². The molecular weight excluding hydrogens is 288 g/mol. The van der Waals surface area contributed by atoms with Gasteiger partial charge >= 0.3 is 5.97 Å². The van der Waals surface area contributed by atoms with Crippen molar-refractivity contribution in [1.82, 2.24) is 0 Å². The Morgan fingerprint density at radius 1 is 1.13 bits per heavy atom. The van der Waals surface area contributed by atoms with E-state index in [9.17, 15) is 9.59 Å². The smallest absolute Gasteiger partial charge is 0.302 e. The molecule has 2 fully saturated rings. The Labute approximate surface area is 139 Å². The van der Waals surface area contributed by atoms with Gasteiger partial charge in [0.15, 0.2) is 0 Å². The predicted molar refractivity (Wildman–Crippen MR) is 89.8 cm³/mol. The van der Waals surface area contributed by atoms with E-state index in [1.54, 1.807) is 0 Å². The van der Waals surface area contributed by atoms with Gasteiger partial charge in [0.05, 0.1) is 0 Å². The zero-order valence-corrected chi connectivity index (χ0v) is 15.2. The summed E-state index contributed by atoms with van der Waals surface area (Å²) in [4.78, 5) is 24.0. The summed E-state index contributed by atoms with van der Waals surface area (Å²) in [5.74, 6) is 0.632. The Morgan fingerprint density at radius 2 is 1.83 bits per heavy atom. The van der Waals surface area contributed by atoms with E-state index >= 15 is 0 Å². The van der Waals surface area contributed by atoms with Gasteiger partial charge in [-0.1, -0.05) is 39.3 Å². The molecule has 4 atom stereocenters. The molecule has 0 aromatic carbocycles. The van der Waals surface area contributed by atoms with Crippen molar-refractivity contribution < 1.29 is 14.3 Å². The number of ketones is 1. The van der Waals surface area contributed by atoms with Crippen molar-refractivity contribution in [3.63, 3.8) is 0 Å². The van der Waals surface area contributed by atoms with Crippen LogP contribution in [0.4, 0.5) is 0 Å². The first-order valence-corrected chi connectivity index (χ1v) is 9.04. The van der Waals surface area contributed by atoms with E-state index in [0.29, 0.717) is 18.1 Å². The number of carbonyl (C=O) groups is 2. The maximum Gasteiger partial charge on any atom is 0.302 e. The van der Waals surface area contributed by atoms with Gasteiger partial charge in [0.25, 0.3) is 0 Å². The molecule has 0 aromatic rings. The van der Waals surface area contributed by atoms with Crippen LogP contribution in [-0.4, -0.2) is 17.9 Å². The molecule has 0 spiro atoms. The number of esters is 1. The van der Waals surface area contributed by atoms with Crippen molar-refractivity contribution in [3.8, 4) is 0 Å². The van der Waals surface area contributed by atoms with Gasteiger partial charge in [-0.25, -0.2) is 0 Å². The van der Waals surface area contributed by atoms with Gasteiger partial charge in [-0.2, -0.15) is 0 Å². The highest BCUT2D eigenvalue weighted by Crippen LogP contribution is 2.65. The van der Waals surface area contributed by atoms with Crippen LogP contribution in [0.3, 0.4) is 0 Å². The number of fused-ring (bicyclic) bond motifs is 3. The highest BCUT2D eigenvalue weighted by molar-refractivity contribution is 5.85. The number of allylic oxidation sites excluding steroid dienone is 1. The molecule has 0 N–H and O–H groups in total. The van der Waals surface area contributed by atoms with Crippen molar-refractivity contribution in [2.24, 2.45) is 22.2 Å². The molecule has 3 aliphatic rings. The highest BCUT2D eigenvalue weighted by Gasteiger charge is 2.60. The van der Waals surface area contributed by atoms with E-state index in [1.807, 2.05) is 0 Å². The minimum atomic E-state index is -0.246. The molecule has 128 valence electrons. The van der Waals surface area contributed by atoms with Crippen molar-refractivity contribution in [2.45, 2.75) is 79.2 Å². The summed E-state index contributed by atoms with van der Waals surface area (Å²) in [7, 11) is 0. The van der Waals surface area contributed by atoms with Crippen LogP contribution in [0.15, 0.2) is 11.6 Å². The first kappa shape index (κ1) is 16.7. The second kappa shape index (κ2) is 5.19. The number of rotatable bonds is 1. The largest absolute Gasteiger partial charge is 0.462 e. The molecule has 0 aliphatic heterocycles. The van der Waals surface area contributed by atoms with Crippen molar-refractivity contribution in [2.75, 3.05) is 0 Å². The van der Waals surface area contributed by atoms with Crippen LogP contribution in [-0.2, 0) is 14.3 Å². The number of carbonyl (C=O) groups excluding carboxylic acids is 2. The molecule has 0 saturated heterocycles. The summed E-state index contributed by atoms with van der Waals surface area (Å²) < 4.78 is 5.71. The molecular formula is C20H30O3. The molecule has 3 heteroatoms. The van der Waals surface area contributed by atoms with Gasteiger partial charge in [0, 0.05) is 24.2 Å². The number of Topliss-reactive ketones (excluding diaryl/α,β-unsaturated/α-hetero) is 1. The van der Waals surface area contributed by atoms with Gasteiger partial charge in [0.2, 0.25) is 0 Å². The molecule has 0 amide bonds. The van der Waals surface area contributed by atoms with E-state index in [2.05, 4.69) is 33.8 Å². The van der Waals surface area contributed by atoms with E-state index in [1.165, 1.54) is 12.5 Å². The van der Waals surface area contributed by atoms with E-state index in [-0.39, 0.29) is 28.3 Å². The lowest BCUT2D eigenvalue weighted by atomic mass is 9.43. The monoisotopic (exact) mass is 318 g/mol. The fourth-order valence-electron chi connectivity index (χ4n) is 5.98. The van der Waals surface area contributed by atoms with Crippen LogP contribution < -0.4 is 0 Å². The molecule has 3 nitrogen and oxygen atoms in total. The molecule has 0 heterocycles. The second-order valence-corrected chi connectivity index (χ2v) is 8.86. The lowest BCUT2D eigenvalue weighted by Crippen LogP contribution is -2.57. The second-order valence-electron chi connectivity index (χ2n) is 8.86. The maximum absolute atomic E-state index is 12.5. The molecule has 0 aromatic heterocycles. The van der Waals surface area contributed by atoms with E-state index in [0.717, 1.165) is 32.1 Å². The SMILES string of the molecule is CC(=O)O[C@@H]1CCC=C2[C@@]1(C)CC[C@H]1C(C)(C)C(=O)CC[C@]21C. The summed E-state index contributed by atoms with van der Waals surface area (Å²) in [6.45, 7) is 10.4. The van der Waals surface area contributed by atoms with Crippen molar-refractivity contribution in [3.05, 3.63) is 11.6 Å². The van der Waals surface area contributed by atoms with Gasteiger partial charge < -0.3 is 4.74 Å². The summed E-state index contributed by atoms with van der Waals surface area (Å²) in [6, 6.07) is 0. The van der Waals surface area contributed by atoms with Crippen molar-refractivity contribution >= 4 is 11.8 Å². The summed E-state index contributed by atoms with van der Waals surface area (Å²) >= 11 is 0. The third-order valence-corrected chi connectivity index (χ3v) is 7.21. The number of hydrogen-bond acceptors (Lipinski definition) is 3. The lowest BCUT2D eigenvalue weighted by Gasteiger charge is -2.61. The Kier molecular flexibility index (Phi) is 3.77. The van der Waals surface area contributed by atoms with Crippen LogP contribution in [0.25, 0.3) is 0 Å². The third kappa shape index (κ3) is 2.30. The first-order valence-electron chi connectivity index (χ1n) is 9.04. The van der Waals surface area contributed by atoms with Gasteiger partial charge in [-0.05, 0) is 43.4 Å². The quantitative estimate of drug-likeness (QED) is 0.530. The topological polar surface area (TPSA) is 43.4 Å². The van der Waals surface area contributed by atoms with Gasteiger partial charge in [0.1, 0.15) is 11.9 Å². The standard InChI is InChI=1S/C20H30O3/c1-13(21)23-17-8-6-7-15-19(4)12-10-16(22)18(2,3)14(19)9-11-20(15,17)5/h7,14,17H,6,8-12H2,1-5H3/t14-,17+,19-,20+/m0/s1. The molecule has 0 bridgehead atoms. The summed E-state index contributed by atoms with van der Waals surface area (Å²) in [5, 5.41) is 0.